The van der Waals surface area contributed by atoms with E-state index in [0.29, 0.717) is 0 Å². The van der Waals surface area contributed by atoms with Crippen LogP contribution < -0.4 is 0 Å². The zero-order chi connectivity index (χ0) is 12.6. The molecule has 0 saturated carbocycles. The van der Waals surface area contributed by atoms with Gasteiger partial charge in [-0.2, -0.15) is 0 Å². The van der Waals surface area contributed by atoms with Gasteiger partial charge in [-0.15, -0.1) is 0 Å². The lowest BCUT2D eigenvalue weighted by Gasteiger charge is -2.08. The lowest BCUT2D eigenvalue weighted by atomic mass is 10.1. The van der Waals surface area contributed by atoms with Crippen molar-refractivity contribution in [1.29, 1.82) is 0 Å². The van der Waals surface area contributed by atoms with Gasteiger partial charge in [0.2, 0.25) is 0 Å². The number of benzene rings is 2. The monoisotopic (exact) mass is 241 g/mol. The van der Waals surface area contributed by atoms with Crippen molar-refractivity contribution in [1.82, 2.24) is 0 Å². The highest BCUT2D eigenvalue weighted by Crippen LogP contribution is 2.11. The molecule has 2 rings (SSSR count). The van der Waals surface area contributed by atoms with E-state index in [1.54, 1.807) is 6.21 Å². The van der Waals surface area contributed by atoms with Crippen LogP contribution >= 0.6 is 0 Å². The van der Waals surface area contributed by atoms with Crippen molar-refractivity contribution < 1.29 is 9.94 Å². The summed E-state index contributed by atoms with van der Waals surface area (Å²) in [6.45, 7) is 0.146. The molecule has 0 aromatic heterocycles. The molecule has 1 N–H and O–H groups in total. The molecule has 0 heterocycles. The summed E-state index contributed by atoms with van der Waals surface area (Å²) in [5.74, 6) is 0. The molecule has 3 heteroatoms. The number of oxime groups is 1. The van der Waals surface area contributed by atoms with Gasteiger partial charge in [0.1, 0.15) is 12.7 Å². The first-order valence-corrected chi connectivity index (χ1v) is 5.79. The van der Waals surface area contributed by atoms with E-state index in [-0.39, 0.29) is 6.61 Å². The summed E-state index contributed by atoms with van der Waals surface area (Å²) in [6, 6.07) is 19.0. The van der Waals surface area contributed by atoms with Gasteiger partial charge in [0.25, 0.3) is 0 Å². The van der Waals surface area contributed by atoms with Crippen molar-refractivity contribution in [2.45, 2.75) is 6.10 Å². The number of hydrogen-bond donors (Lipinski definition) is 1. The third-order valence-corrected chi connectivity index (χ3v) is 2.49. The van der Waals surface area contributed by atoms with Gasteiger partial charge in [0, 0.05) is 0 Å². The summed E-state index contributed by atoms with van der Waals surface area (Å²) in [5.41, 5.74) is 1.79. The normalized spacial score (nSPS) is 12.5. The summed E-state index contributed by atoms with van der Waals surface area (Å²) in [4.78, 5) is 5.07. The summed E-state index contributed by atoms with van der Waals surface area (Å²) < 4.78 is 0. The van der Waals surface area contributed by atoms with Gasteiger partial charge in [0.05, 0.1) is 6.21 Å². The minimum absolute atomic E-state index is 0.146. The first-order valence-electron chi connectivity index (χ1n) is 5.79. The van der Waals surface area contributed by atoms with Crippen LogP contribution in [-0.4, -0.2) is 17.9 Å². The smallest absolute Gasteiger partial charge is 0.147 e. The fourth-order valence-corrected chi connectivity index (χ4v) is 1.52. The van der Waals surface area contributed by atoms with E-state index in [1.165, 1.54) is 0 Å². The lowest BCUT2D eigenvalue weighted by molar-refractivity contribution is 0.0402. The minimum atomic E-state index is -0.654. The van der Waals surface area contributed by atoms with Crippen molar-refractivity contribution in [3.8, 4) is 0 Å². The standard InChI is InChI=1S/C15H15NO2/c17-15(14-9-5-2-6-10-14)12-18-16-11-13-7-3-1-4-8-13/h1-11,15,17H,12H2/b16-11+/t15-/m0/s1. The highest BCUT2D eigenvalue weighted by atomic mass is 16.6. The van der Waals surface area contributed by atoms with E-state index in [1.807, 2.05) is 60.7 Å². The number of aliphatic hydroxyl groups excluding tert-OH is 1. The Bertz CT molecular complexity index is 482. The van der Waals surface area contributed by atoms with Crippen molar-refractivity contribution in [2.75, 3.05) is 6.61 Å². The largest absolute Gasteiger partial charge is 0.393 e. The molecule has 0 spiro atoms. The molecule has 18 heavy (non-hydrogen) atoms. The van der Waals surface area contributed by atoms with Crippen LogP contribution in [0.3, 0.4) is 0 Å². The Kier molecular flexibility index (Phi) is 4.50. The number of aliphatic hydroxyl groups is 1. The van der Waals surface area contributed by atoms with Crippen LogP contribution in [0.5, 0.6) is 0 Å². The Morgan fingerprint density at radius 3 is 2.28 bits per heavy atom. The summed E-state index contributed by atoms with van der Waals surface area (Å²) in [7, 11) is 0. The molecule has 0 bridgehead atoms. The van der Waals surface area contributed by atoms with Crippen molar-refractivity contribution in [3.05, 3.63) is 71.8 Å². The molecule has 0 radical (unpaired) electrons. The average molecular weight is 241 g/mol. The third kappa shape index (κ3) is 3.71. The first kappa shape index (κ1) is 12.3. The Morgan fingerprint density at radius 1 is 1.00 bits per heavy atom. The molecule has 2 aromatic rings. The van der Waals surface area contributed by atoms with Gasteiger partial charge in [-0.3, -0.25) is 0 Å². The molecule has 0 amide bonds. The van der Waals surface area contributed by atoms with E-state index in [9.17, 15) is 5.11 Å². The van der Waals surface area contributed by atoms with Gasteiger partial charge in [-0.1, -0.05) is 65.8 Å². The Balaban J connectivity index is 1.81. The van der Waals surface area contributed by atoms with Crippen LogP contribution in [0.15, 0.2) is 65.8 Å². The van der Waals surface area contributed by atoms with E-state index in [4.69, 9.17) is 4.84 Å². The summed E-state index contributed by atoms with van der Waals surface area (Å²) in [5, 5.41) is 13.6. The van der Waals surface area contributed by atoms with Crippen LogP contribution in [0.25, 0.3) is 0 Å². The van der Waals surface area contributed by atoms with E-state index in [0.717, 1.165) is 11.1 Å². The molecule has 92 valence electrons. The molecule has 0 saturated heterocycles. The number of hydrogen-bond acceptors (Lipinski definition) is 3. The second-order valence-corrected chi connectivity index (χ2v) is 3.87. The molecule has 2 aromatic carbocycles. The first-order chi connectivity index (χ1) is 8.86. The molecule has 1 atom stereocenters. The zero-order valence-electron chi connectivity index (χ0n) is 9.94. The molecular weight excluding hydrogens is 226 g/mol. The predicted octanol–water partition coefficient (Wildman–Crippen LogP) is 2.77. The maximum Gasteiger partial charge on any atom is 0.147 e. The Morgan fingerprint density at radius 2 is 1.61 bits per heavy atom. The SMILES string of the molecule is O[C@@H](CO/N=C/c1ccccc1)c1ccccc1. The van der Waals surface area contributed by atoms with Crippen LogP contribution in [-0.2, 0) is 4.84 Å². The summed E-state index contributed by atoms with van der Waals surface area (Å²) in [6.07, 6.45) is 0.969. The second kappa shape index (κ2) is 6.57. The van der Waals surface area contributed by atoms with Gasteiger partial charge < -0.3 is 9.94 Å². The highest BCUT2D eigenvalue weighted by Gasteiger charge is 2.06. The molecule has 0 fully saturated rings. The van der Waals surface area contributed by atoms with Crippen LogP contribution in [0.4, 0.5) is 0 Å². The van der Waals surface area contributed by atoms with Crippen molar-refractivity contribution in [3.63, 3.8) is 0 Å². The van der Waals surface area contributed by atoms with Crippen LogP contribution in [0.2, 0.25) is 0 Å². The van der Waals surface area contributed by atoms with E-state index >= 15 is 0 Å². The zero-order valence-corrected chi connectivity index (χ0v) is 9.94. The fourth-order valence-electron chi connectivity index (χ4n) is 1.52. The molecule has 3 nitrogen and oxygen atoms in total. The van der Waals surface area contributed by atoms with Crippen molar-refractivity contribution >= 4 is 6.21 Å². The minimum Gasteiger partial charge on any atom is -0.393 e. The second-order valence-electron chi connectivity index (χ2n) is 3.87. The van der Waals surface area contributed by atoms with E-state index < -0.39 is 6.10 Å². The van der Waals surface area contributed by atoms with Gasteiger partial charge in [-0.25, -0.2) is 0 Å². The lowest BCUT2D eigenvalue weighted by Crippen LogP contribution is -2.04. The number of nitrogens with zero attached hydrogens (tertiary/aromatic N) is 1. The van der Waals surface area contributed by atoms with Gasteiger partial charge >= 0.3 is 0 Å². The molecule has 0 aliphatic heterocycles. The number of rotatable bonds is 5. The Labute approximate surface area is 106 Å². The fraction of sp³-hybridized carbons (Fsp3) is 0.133. The average Bonchev–Trinajstić information content (AvgIpc) is 2.45. The quantitative estimate of drug-likeness (QED) is 0.646. The van der Waals surface area contributed by atoms with Crippen molar-refractivity contribution in [2.24, 2.45) is 5.16 Å². The maximum atomic E-state index is 9.82. The summed E-state index contributed by atoms with van der Waals surface area (Å²) >= 11 is 0. The molecular formula is C15H15NO2. The predicted molar refractivity (Wildman–Crippen MR) is 71.4 cm³/mol. The maximum absolute atomic E-state index is 9.82. The van der Waals surface area contributed by atoms with Gasteiger partial charge in [0.15, 0.2) is 0 Å². The van der Waals surface area contributed by atoms with Crippen LogP contribution in [0, 0.1) is 0 Å². The topological polar surface area (TPSA) is 41.8 Å². The molecule has 0 aliphatic carbocycles. The van der Waals surface area contributed by atoms with E-state index in [2.05, 4.69) is 5.16 Å². The highest BCUT2D eigenvalue weighted by molar-refractivity contribution is 5.78. The molecule has 0 aliphatic rings. The third-order valence-electron chi connectivity index (χ3n) is 2.49. The Hall–Kier alpha value is -2.13. The van der Waals surface area contributed by atoms with Gasteiger partial charge in [-0.05, 0) is 11.1 Å². The molecule has 0 unspecified atom stereocenters. The van der Waals surface area contributed by atoms with Crippen LogP contribution in [0.1, 0.15) is 17.2 Å².